The van der Waals surface area contributed by atoms with Crippen LogP contribution in [-0.2, 0) is 6.42 Å². The van der Waals surface area contributed by atoms with Crippen molar-refractivity contribution in [2.24, 2.45) is 0 Å². The van der Waals surface area contributed by atoms with Crippen LogP contribution in [0.15, 0.2) is 24.4 Å². The number of fused-ring (bicyclic) bond motifs is 1. The summed E-state index contributed by atoms with van der Waals surface area (Å²) in [6, 6.07) is 6.34. The number of hydrogen-bond donors (Lipinski definition) is 1. The summed E-state index contributed by atoms with van der Waals surface area (Å²) in [5.41, 5.74) is 4.25. The summed E-state index contributed by atoms with van der Waals surface area (Å²) in [5, 5.41) is 3.33. The molecule has 0 aliphatic heterocycles. The minimum atomic E-state index is 0.392. The lowest BCUT2D eigenvalue weighted by Gasteiger charge is -2.24. The van der Waals surface area contributed by atoms with E-state index in [1.807, 2.05) is 38.4 Å². The van der Waals surface area contributed by atoms with Crippen LogP contribution in [0, 0.1) is 6.92 Å². The predicted molar refractivity (Wildman–Crippen MR) is 74.7 cm³/mol. The van der Waals surface area contributed by atoms with Crippen molar-refractivity contribution >= 4 is 0 Å². The van der Waals surface area contributed by atoms with Crippen LogP contribution in [0.2, 0.25) is 0 Å². The molecule has 1 aliphatic rings. The van der Waals surface area contributed by atoms with E-state index in [9.17, 15) is 0 Å². The number of rotatable bonds is 2. The number of aromatic nitrogens is 3. The molecule has 1 atom stereocenters. The standard InChI is InChI=1S/C15H18N4/c1-10-5-3-8-14(18-10)15-17-9-11-12(16-2)6-4-7-13(11)19-15/h3,5,8-9,12,16H,4,6-7H2,1-2H3. The van der Waals surface area contributed by atoms with Gasteiger partial charge in [0.15, 0.2) is 5.82 Å². The molecule has 4 heteroatoms. The first-order valence-corrected chi connectivity index (χ1v) is 6.75. The van der Waals surface area contributed by atoms with E-state index in [-0.39, 0.29) is 0 Å². The molecule has 0 saturated heterocycles. The minimum Gasteiger partial charge on any atom is -0.313 e. The van der Waals surface area contributed by atoms with Crippen molar-refractivity contribution in [3.8, 4) is 11.5 Å². The Morgan fingerprint density at radius 2 is 2.16 bits per heavy atom. The van der Waals surface area contributed by atoms with Crippen molar-refractivity contribution < 1.29 is 0 Å². The third kappa shape index (κ3) is 2.36. The highest BCUT2D eigenvalue weighted by Gasteiger charge is 2.21. The second kappa shape index (κ2) is 5.05. The van der Waals surface area contributed by atoms with Crippen LogP contribution in [-0.4, -0.2) is 22.0 Å². The van der Waals surface area contributed by atoms with Gasteiger partial charge in [-0.1, -0.05) is 6.07 Å². The molecule has 0 spiro atoms. The van der Waals surface area contributed by atoms with Crippen LogP contribution >= 0.6 is 0 Å². The van der Waals surface area contributed by atoms with E-state index in [0.717, 1.165) is 30.1 Å². The van der Waals surface area contributed by atoms with Crippen molar-refractivity contribution in [1.82, 2.24) is 20.3 Å². The topological polar surface area (TPSA) is 50.7 Å². The molecular weight excluding hydrogens is 236 g/mol. The molecule has 4 nitrogen and oxygen atoms in total. The molecule has 2 aromatic rings. The lowest BCUT2D eigenvalue weighted by Crippen LogP contribution is -2.23. The highest BCUT2D eigenvalue weighted by molar-refractivity contribution is 5.50. The van der Waals surface area contributed by atoms with Gasteiger partial charge in [0.2, 0.25) is 0 Å². The quantitative estimate of drug-likeness (QED) is 0.894. The van der Waals surface area contributed by atoms with Gasteiger partial charge in [-0.25, -0.2) is 15.0 Å². The van der Waals surface area contributed by atoms with Gasteiger partial charge in [0.05, 0.1) is 0 Å². The third-order valence-corrected chi connectivity index (χ3v) is 3.65. The maximum absolute atomic E-state index is 4.71. The van der Waals surface area contributed by atoms with Crippen molar-refractivity contribution in [1.29, 1.82) is 0 Å². The molecule has 0 saturated carbocycles. The maximum Gasteiger partial charge on any atom is 0.178 e. The molecular formula is C15H18N4. The fourth-order valence-electron chi connectivity index (χ4n) is 2.64. The van der Waals surface area contributed by atoms with Gasteiger partial charge < -0.3 is 5.32 Å². The van der Waals surface area contributed by atoms with E-state index in [2.05, 4.69) is 15.3 Å². The highest BCUT2D eigenvalue weighted by Crippen LogP contribution is 2.28. The minimum absolute atomic E-state index is 0.392. The number of pyridine rings is 1. The van der Waals surface area contributed by atoms with Gasteiger partial charge in [0, 0.05) is 29.2 Å². The number of nitrogens with one attached hydrogen (secondary N) is 1. The van der Waals surface area contributed by atoms with Crippen LogP contribution in [0.4, 0.5) is 0 Å². The lowest BCUT2D eigenvalue weighted by atomic mass is 9.92. The predicted octanol–water partition coefficient (Wildman–Crippen LogP) is 2.44. The van der Waals surface area contributed by atoms with Gasteiger partial charge in [-0.3, -0.25) is 0 Å². The molecule has 1 unspecified atom stereocenters. The Bertz CT molecular complexity index is 594. The van der Waals surface area contributed by atoms with Crippen LogP contribution in [0.5, 0.6) is 0 Å². The zero-order valence-corrected chi connectivity index (χ0v) is 11.3. The molecule has 2 aromatic heterocycles. The molecule has 0 bridgehead atoms. The van der Waals surface area contributed by atoms with Gasteiger partial charge in [0.25, 0.3) is 0 Å². The average Bonchev–Trinajstić information content (AvgIpc) is 2.46. The van der Waals surface area contributed by atoms with Crippen LogP contribution in [0.1, 0.15) is 35.8 Å². The molecule has 1 aliphatic carbocycles. The van der Waals surface area contributed by atoms with E-state index in [0.29, 0.717) is 6.04 Å². The first kappa shape index (κ1) is 12.2. The number of hydrogen-bond acceptors (Lipinski definition) is 4. The summed E-state index contributed by atoms with van der Waals surface area (Å²) in [5.74, 6) is 0.735. The number of aryl methyl sites for hydroxylation is 2. The third-order valence-electron chi connectivity index (χ3n) is 3.65. The van der Waals surface area contributed by atoms with Crippen molar-refractivity contribution in [3.05, 3.63) is 41.3 Å². The second-order valence-electron chi connectivity index (χ2n) is 4.99. The summed E-state index contributed by atoms with van der Waals surface area (Å²) in [7, 11) is 2.00. The van der Waals surface area contributed by atoms with Crippen molar-refractivity contribution in [2.75, 3.05) is 7.05 Å². The van der Waals surface area contributed by atoms with Gasteiger partial charge in [-0.2, -0.15) is 0 Å². The average molecular weight is 254 g/mol. The Labute approximate surface area is 113 Å². The largest absolute Gasteiger partial charge is 0.313 e. The summed E-state index contributed by atoms with van der Waals surface area (Å²) in [4.78, 5) is 13.7. The Hall–Kier alpha value is -1.81. The smallest absolute Gasteiger partial charge is 0.178 e. The van der Waals surface area contributed by atoms with Gasteiger partial charge >= 0.3 is 0 Å². The molecule has 0 amide bonds. The molecule has 19 heavy (non-hydrogen) atoms. The van der Waals surface area contributed by atoms with Gasteiger partial charge in [0.1, 0.15) is 5.69 Å². The summed E-state index contributed by atoms with van der Waals surface area (Å²) in [6.45, 7) is 1.99. The molecule has 0 aromatic carbocycles. The van der Waals surface area contributed by atoms with E-state index in [1.54, 1.807) is 0 Å². The number of nitrogens with zero attached hydrogens (tertiary/aromatic N) is 3. The van der Waals surface area contributed by atoms with E-state index < -0.39 is 0 Å². The van der Waals surface area contributed by atoms with E-state index in [1.165, 1.54) is 17.7 Å². The molecule has 2 heterocycles. The Balaban J connectivity index is 2.02. The highest BCUT2D eigenvalue weighted by atomic mass is 14.9. The van der Waals surface area contributed by atoms with Crippen LogP contribution in [0.3, 0.4) is 0 Å². The van der Waals surface area contributed by atoms with E-state index >= 15 is 0 Å². The second-order valence-corrected chi connectivity index (χ2v) is 4.99. The molecule has 0 radical (unpaired) electrons. The maximum atomic E-state index is 4.71. The van der Waals surface area contributed by atoms with Crippen molar-refractivity contribution in [2.45, 2.75) is 32.2 Å². The SMILES string of the molecule is CNC1CCCc2nc(-c3cccc(C)n3)ncc21. The first-order valence-electron chi connectivity index (χ1n) is 6.75. The van der Waals surface area contributed by atoms with Gasteiger partial charge in [-0.15, -0.1) is 0 Å². The Morgan fingerprint density at radius 1 is 1.26 bits per heavy atom. The zero-order chi connectivity index (χ0) is 13.2. The summed E-state index contributed by atoms with van der Waals surface area (Å²) in [6.07, 6.45) is 5.34. The first-order chi connectivity index (χ1) is 9.28. The lowest BCUT2D eigenvalue weighted by molar-refractivity contribution is 0.487. The van der Waals surface area contributed by atoms with Crippen LogP contribution in [0.25, 0.3) is 11.5 Å². The fraction of sp³-hybridized carbons (Fsp3) is 0.400. The Kier molecular flexibility index (Phi) is 3.25. The normalized spacial score (nSPS) is 18.1. The van der Waals surface area contributed by atoms with Gasteiger partial charge in [-0.05, 0) is 45.4 Å². The molecule has 0 fully saturated rings. The molecule has 3 rings (SSSR count). The van der Waals surface area contributed by atoms with Crippen LogP contribution < -0.4 is 5.32 Å². The van der Waals surface area contributed by atoms with E-state index in [4.69, 9.17) is 4.98 Å². The summed E-state index contributed by atoms with van der Waals surface area (Å²) >= 11 is 0. The zero-order valence-electron chi connectivity index (χ0n) is 11.3. The summed E-state index contributed by atoms with van der Waals surface area (Å²) < 4.78 is 0. The fourth-order valence-corrected chi connectivity index (χ4v) is 2.64. The monoisotopic (exact) mass is 254 g/mol. The molecule has 98 valence electrons. The Morgan fingerprint density at radius 3 is 2.95 bits per heavy atom. The molecule has 1 N–H and O–H groups in total. The van der Waals surface area contributed by atoms with Crippen molar-refractivity contribution in [3.63, 3.8) is 0 Å².